The first-order valence-electron chi connectivity index (χ1n) is 10.7. The molecule has 0 amide bonds. The molecule has 3 aromatic carbocycles. The number of rotatable bonds is 5. The monoisotopic (exact) mass is 407 g/mol. The van der Waals surface area contributed by atoms with E-state index >= 15 is 0 Å². The predicted octanol–water partition coefficient (Wildman–Crippen LogP) is 6.96. The fraction of sp³-hybridized carbons (Fsp3) is 0.214. The molecule has 0 aliphatic rings. The van der Waals surface area contributed by atoms with Crippen LogP contribution >= 0.6 is 0 Å². The van der Waals surface area contributed by atoms with Crippen LogP contribution < -0.4 is 5.32 Å². The molecule has 31 heavy (non-hydrogen) atoms. The smallest absolute Gasteiger partial charge is 0.0708 e. The Morgan fingerprint density at radius 3 is 2.39 bits per heavy atom. The molecule has 3 heteroatoms. The van der Waals surface area contributed by atoms with Gasteiger partial charge in [0.05, 0.1) is 11.4 Å². The highest BCUT2D eigenvalue weighted by atomic mass is 14.9. The van der Waals surface area contributed by atoms with Gasteiger partial charge in [0.1, 0.15) is 0 Å². The second-order valence-corrected chi connectivity index (χ2v) is 8.95. The molecule has 156 valence electrons. The average Bonchev–Trinajstić information content (AvgIpc) is 2.78. The van der Waals surface area contributed by atoms with E-state index in [1.54, 1.807) is 0 Å². The van der Waals surface area contributed by atoms with Crippen molar-refractivity contribution >= 4 is 22.7 Å². The number of fused-ring (bicyclic) bond motifs is 1. The second kappa shape index (κ2) is 8.83. The van der Waals surface area contributed by atoms with E-state index in [0.29, 0.717) is 0 Å². The summed E-state index contributed by atoms with van der Waals surface area (Å²) in [5.74, 6) is 0. The molecule has 1 heterocycles. The Bertz CT molecular complexity index is 1220. The van der Waals surface area contributed by atoms with Crippen LogP contribution in [0.25, 0.3) is 22.0 Å². The molecule has 0 aliphatic heterocycles. The summed E-state index contributed by atoms with van der Waals surface area (Å²) in [6, 6.07) is 27.4. The summed E-state index contributed by atoms with van der Waals surface area (Å²) in [6.45, 7) is 6.73. The standard InChI is InChI=1S/C28H29N3/c1-28(2,3)27(29-4)24-14-7-8-15-25(24)30-18-20-10-9-13-22(16-20)26-17-21-11-5-6-12-23(21)19-31-26/h5-19,27,29H,1-4H3. The number of hydrogen-bond acceptors (Lipinski definition) is 3. The maximum atomic E-state index is 4.86. The molecular formula is C28H29N3. The van der Waals surface area contributed by atoms with Gasteiger partial charge in [0.25, 0.3) is 0 Å². The van der Waals surface area contributed by atoms with E-state index in [-0.39, 0.29) is 11.5 Å². The first-order valence-corrected chi connectivity index (χ1v) is 10.7. The van der Waals surface area contributed by atoms with Crippen molar-refractivity contribution in [1.29, 1.82) is 0 Å². The molecule has 1 N–H and O–H groups in total. The molecule has 1 atom stereocenters. The number of nitrogens with zero attached hydrogens (tertiary/aromatic N) is 2. The van der Waals surface area contributed by atoms with E-state index in [1.807, 2.05) is 31.6 Å². The lowest BCUT2D eigenvalue weighted by atomic mass is 9.82. The van der Waals surface area contributed by atoms with Crippen molar-refractivity contribution in [2.24, 2.45) is 10.4 Å². The summed E-state index contributed by atoms with van der Waals surface area (Å²) in [5.41, 5.74) is 5.40. The maximum absolute atomic E-state index is 4.86. The summed E-state index contributed by atoms with van der Waals surface area (Å²) < 4.78 is 0. The summed E-state index contributed by atoms with van der Waals surface area (Å²) >= 11 is 0. The van der Waals surface area contributed by atoms with Crippen LogP contribution in [0.5, 0.6) is 0 Å². The number of benzene rings is 3. The third-order valence-corrected chi connectivity index (χ3v) is 5.57. The molecule has 0 bridgehead atoms. The SMILES string of the molecule is CNC(c1ccccc1N=Cc1cccc(-c2cc3ccccc3cn2)c1)C(C)(C)C. The molecule has 0 fully saturated rings. The molecular weight excluding hydrogens is 378 g/mol. The fourth-order valence-corrected chi connectivity index (χ4v) is 4.07. The highest BCUT2D eigenvalue weighted by Gasteiger charge is 2.26. The van der Waals surface area contributed by atoms with Crippen LogP contribution in [0.1, 0.15) is 37.9 Å². The van der Waals surface area contributed by atoms with Gasteiger partial charge in [-0.1, -0.05) is 81.4 Å². The quantitative estimate of drug-likeness (QED) is 0.363. The first kappa shape index (κ1) is 21.0. The lowest BCUT2D eigenvalue weighted by Crippen LogP contribution is -2.29. The van der Waals surface area contributed by atoms with Gasteiger partial charge >= 0.3 is 0 Å². The minimum atomic E-state index is 0.0854. The molecule has 1 unspecified atom stereocenters. The number of para-hydroxylation sites is 1. The number of pyridine rings is 1. The molecule has 0 saturated carbocycles. The number of hydrogen-bond donors (Lipinski definition) is 1. The van der Waals surface area contributed by atoms with Crippen LogP contribution in [0.15, 0.2) is 90.1 Å². The number of aliphatic imine (C=N–C) groups is 1. The van der Waals surface area contributed by atoms with Crippen molar-refractivity contribution in [2.45, 2.75) is 26.8 Å². The van der Waals surface area contributed by atoms with E-state index in [2.05, 4.69) is 97.8 Å². The van der Waals surface area contributed by atoms with Gasteiger partial charge in [0.2, 0.25) is 0 Å². The van der Waals surface area contributed by atoms with E-state index < -0.39 is 0 Å². The van der Waals surface area contributed by atoms with E-state index in [9.17, 15) is 0 Å². The normalized spacial score (nSPS) is 13.0. The lowest BCUT2D eigenvalue weighted by molar-refractivity contribution is 0.287. The second-order valence-electron chi connectivity index (χ2n) is 8.95. The Morgan fingerprint density at radius 2 is 1.61 bits per heavy atom. The van der Waals surface area contributed by atoms with Crippen molar-refractivity contribution in [2.75, 3.05) is 7.05 Å². The third-order valence-electron chi connectivity index (χ3n) is 5.57. The van der Waals surface area contributed by atoms with Gasteiger partial charge < -0.3 is 5.32 Å². The van der Waals surface area contributed by atoms with Gasteiger partial charge in [0.15, 0.2) is 0 Å². The summed E-state index contributed by atoms with van der Waals surface area (Å²) in [7, 11) is 2.01. The molecule has 3 nitrogen and oxygen atoms in total. The highest BCUT2D eigenvalue weighted by molar-refractivity contribution is 5.87. The van der Waals surface area contributed by atoms with Crippen LogP contribution in [-0.4, -0.2) is 18.2 Å². The Kier molecular flexibility index (Phi) is 5.97. The Labute approximate surface area is 184 Å². The molecule has 1 aromatic heterocycles. The predicted molar refractivity (Wildman–Crippen MR) is 132 cm³/mol. The van der Waals surface area contributed by atoms with Crippen molar-refractivity contribution in [1.82, 2.24) is 10.3 Å². The molecule has 0 saturated heterocycles. The van der Waals surface area contributed by atoms with Gasteiger partial charge in [-0.2, -0.15) is 0 Å². The summed E-state index contributed by atoms with van der Waals surface area (Å²) in [4.78, 5) is 9.52. The van der Waals surface area contributed by atoms with Gasteiger partial charge in [0, 0.05) is 29.4 Å². The van der Waals surface area contributed by atoms with Crippen LogP contribution in [-0.2, 0) is 0 Å². The maximum Gasteiger partial charge on any atom is 0.0708 e. The lowest BCUT2D eigenvalue weighted by Gasteiger charge is -2.31. The zero-order valence-corrected chi connectivity index (χ0v) is 18.6. The molecule has 0 aliphatic carbocycles. The van der Waals surface area contributed by atoms with Crippen molar-refractivity contribution in [3.05, 3.63) is 96.2 Å². The van der Waals surface area contributed by atoms with Crippen molar-refractivity contribution in [3.63, 3.8) is 0 Å². The summed E-state index contributed by atoms with van der Waals surface area (Å²) in [5, 5.41) is 5.81. The van der Waals surface area contributed by atoms with Crippen LogP contribution in [0.3, 0.4) is 0 Å². The van der Waals surface area contributed by atoms with E-state index in [0.717, 1.165) is 27.9 Å². The van der Waals surface area contributed by atoms with Crippen molar-refractivity contribution < 1.29 is 0 Å². The van der Waals surface area contributed by atoms with Gasteiger partial charge in [-0.25, -0.2) is 0 Å². The zero-order valence-electron chi connectivity index (χ0n) is 18.6. The topological polar surface area (TPSA) is 37.3 Å². The van der Waals surface area contributed by atoms with Crippen LogP contribution in [0, 0.1) is 5.41 Å². The molecule has 4 rings (SSSR count). The third kappa shape index (κ3) is 4.73. The molecule has 0 radical (unpaired) electrons. The first-order chi connectivity index (χ1) is 15.0. The van der Waals surface area contributed by atoms with Gasteiger partial charge in [-0.05, 0) is 47.2 Å². The highest BCUT2D eigenvalue weighted by Crippen LogP contribution is 2.37. The number of aromatic nitrogens is 1. The Balaban J connectivity index is 1.65. The fourth-order valence-electron chi connectivity index (χ4n) is 4.07. The van der Waals surface area contributed by atoms with Gasteiger partial charge in [-0.3, -0.25) is 9.98 Å². The zero-order chi connectivity index (χ0) is 21.8. The average molecular weight is 408 g/mol. The van der Waals surface area contributed by atoms with Crippen LogP contribution in [0.4, 0.5) is 5.69 Å². The minimum Gasteiger partial charge on any atom is -0.312 e. The van der Waals surface area contributed by atoms with Gasteiger partial charge in [-0.15, -0.1) is 0 Å². The molecule has 0 spiro atoms. The Hall–Kier alpha value is -3.30. The summed E-state index contributed by atoms with van der Waals surface area (Å²) in [6.07, 6.45) is 3.88. The Morgan fingerprint density at radius 1 is 0.871 bits per heavy atom. The minimum absolute atomic E-state index is 0.0854. The van der Waals surface area contributed by atoms with Crippen molar-refractivity contribution in [3.8, 4) is 11.3 Å². The van der Waals surface area contributed by atoms with E-state index in [1.165, 1.54) is 10.9 Å². The largest absolute Gasteiger partial charge is 0.312 e. The van der Waals surface area contributed by atoms with E-state index in [4.69, 9.17) is 4.99 Å². The number of nitrogens with one attached hydrogen (secondary N) is 1. The molecule has 4 aromatic rings. The van der Waals surface area contributed by atoms with Crippen LogP contribution in [0.2, 0.25) is 0 Å².